The molecule has 1 aromatic carbocycles. The zero-order valence-electron chi connectivity index (χ0n) is 11.8. The lowest BCUT2D eigenvalue weighted by molar-refractivity contribution is 0.0631. The minimum absolute atomic E-state index is 0.0169. The summed E-state index contributed by atoms with van der Waals surface area (Å²) in [6.07, 6.45) is 5.26. The molecular formula is C16H23NO3. The highest BCUT2D eigenvalue weighted by atomic mass is 16.6. The van der Waals surface area contributed by atoms with E-state index < -0.39 is 0 Å². The molecule has 1 N–H and O–H groups in total. The first-order valence-corrected chi connectivity index (χ1v) is 7.39. The molecule has 110 valence electrons. The van der Waals surface area contributed by atoms with E-state index in [1.807, 2.05) is 30.3 Å². The van der Waals surface area contributed by atoms with Gasteiger partial charge in [-0.3, -0.25) is 0 Å². The molecule has 1 aliphatic rings. The van der Waals surface area contributed by atoms with Crippen molar-refractivity contribution < 1.29 is 14.6 Å². The molecule has 1 fully saturated rings. The zero-order chi connectivity index (χ0) is 14.2. The van der Waals surface area contributed by atoms with Crippen LogP contribution in [0.5, 0.6) is 0 Å². The van der Waals surface area contributed by atoms with Gasteiger partial charge in [-0.05, 0) is 18.4 Å². The zero-order valence-corrected chi connectivity index (χ0v) is 11.8. The molecule has 1 saturated carbocycles. The molecule has 0 radical (unpaired) electrons. The van der Waals surface area contributed by atoms with Crippen molar-refractivity contribution in [1.82, 2.24) is 4.90 Å². The van der Waals surface area contributed by atoms with E-state index >= 15 is 0 Å². The molecule has 0 bridgehead atoms. The lowest BCUT2D eigenvalue weighted by atomic mass is 9.94. The molecule has 0 atom stereocenters. The van der Waals surface area contributed by atoms with Crippen molar-refractivity contribution in [3.05, 3.63) is 35.9 Å². The van der Waals surface area contributed by atoms with Crippen LogP contribution in [0.4, 0.5) is 4.79 Å². The third-order valence-electron chi connectivity index (χ3n) is 3.80. The molecule has 0 unspecified atom stereocenters. The fraction of sp³-hybridized carbons (Fsp3) is 0.562. The van der Waals surface area contributed by atoms with E-state index in [-0.39, 0.29) is 25.3 Å². The van der Waals surface area contributed by atoms with Crippen molar-refractivity contribution in [3.8, 4) is 0 Å². The van der Waals surface area contributed by atoms with Crippen LogP contribution in [-0.2, 0) is 11.3 Å². The lowest BCUT2D eigenvalue weighted by Gasteiger charge is -2.33. The Labute approximate surface area is 120 Å². The van der Waals surface area contributed by atoms with Crippen LogP contribution in [0.3, 0.4) is 0 Å². The molecule has 0 aromatic heterocycles. The van der Waals surface area contributed by atoms with Crippen LogP contribution in [0.25, 0.3) is 0 Å². The maximum absolute atomic E-state index is 12.2. The molecule has 0 saturated heterocycles. The maximum Gasteiger partial charge on any atom is 0.410 e. The molecular weight excluding hydrogens is 254 g/mol. The Morgan fingerprint density at radius 2 is 1.90 bits per heavy atom. The van der Waals surface area contributed by atoms with E-state index in [4.69, 9.17) is 9.84 Å². The van der Waals surface area contributed by atoms with E-state index in [0.29, 0.717) is 6.54 Å². The van der Waals surface area contributed by atoms with Crippen LogP contribution in [0, 0.1) is 0 Å². The maximum atomic E-state index is 12.2. The van der Waals surface area contributed by atoms with Crippen LogP contribution >= 0.6 is 0 Å². The summed E-state index contributed by atoms with van der Waals surface area (Å²) < 4.78 is 5.37. The Bertz CT molecular complexity index is 401. The smallest absolute Gasteiger partial charge is 0.410 e. The highest BCUT2D eigenvalue weighted by Crippen LogP contribution is 2.23. The van der Waals surface area contributed by atoms with E-state index in [1.165, 1.54) is 6.42 Å². The summed E-state index contributed by atoms with van der Waals surface area (Å²) in [6.45, 7) is 0.629. The third-order valence-corrected chi connectivity index (χ3v) is 3.80. The van der Waals surface area contributed by atoms with Crippen molar-refractivity contribution in [1.29, 1.82) is 0 Å². The predicted octanol–water partition coefficient (Wildman–Crippen LogP) is 2.95. The summed E-state index contributed by atoms with van der Waals surface area (Å²) in [5.74, 6) is 0. The van der Waals surface area contributed by atoms with Crippen molar-refractivity contribution in [3.63, 3.8) is 0 Å². The number of aliphatic hydroxyl groups excluding tert-OH is 1. The fourth-order valence-electron chi connectivity index (χ4n) is 2.73. The standard InChI is InChI=1S/C16H23NO3/c18-12-11-17(15-9-5-2-6-10-15)16(19)20-13-14-7-3-1-4-8-14/h1,3-4,7-8,15,18H,2,5-6,9-13H2. The van der Waals surface area contributed by atoms with Gasteiger partial charge in [0.05, 0.1) is 6.61 Å². The van der Waals surface area contributed by atoms with E-state index in [0.717, 1.165) is 31.2 Å². The van der Waals surface area contributed by atoms with Gasteiger partial charge in [-0.15, -0.1) is 0 Å². The number of hydrogen-bond acceptors (Lipinski definition) is 3. The average molecular weight is 277 g/mol. The predicted molar refractivity (Wildman–Crippen MR) is 77.3 cm³/mol. The van der Waals surface area contributed by atoms with Gasteiger partial charge in [0.1, 0.15) is 6.61 Å². The molecule has 0 aliphatic heterocycles. The topological polar surface area (TPSA) is 49.8 Å². The summed E-state index contributed by atoms with van der Waals surface area (Å²) in [4.78, 5) is 13.9. The van der Waals surface area contributed by atoms with Crippen molar-refractivity contribution >= 4 is 6.09 Å². The number of carbonyl (C=O) groups excluding carboxylic acids is 1. The monoisotopic (exact) mass is 277 g/mol. The van der Waals surface area contributed by atoms with E-state index in [2.05, 4.69) is 0 Å². The quantitative estimate of drug-likeness (QED) is 0.900. The Kier molecular flexibility index (Phi) is 5.87. The second-order valence-electron chi connectivity index (χ2n) is 5.25. The van der Waals surface area contributed by atoms with Crippen LogP contribution < -0.4 is 0 Å². The van der Waals surface area contributed by atoms with E-state index in [1.54, 1.807) is 4.90 Å². The second kappa shape index (κ2) is 7.90. The summed E-state index contributed by atoms with van der Waals surface area (Å²) in [5, 5.41) is 9.15. The Balaban J connectivity index is 1.89. The molecule has 1 aromatic rings. The Morgan fingerprint density at radius 3 is 2.55 bits per heavy atom. The SMILES string of the molecule is O=C(OCc1ccccc1)N(CCO)C1CCCCC1. The first-order chi connectivity index (χ1) is 9.81. The summed E-state index contributed by atoms with van der Waals surface area (Å²) in [6, 6.07) is 9.88. The van der Waals surface area contributed by atoms with Gasteiger partial charge in [-0.2, -0.15) is 0 Å². The summed E-state index contributed by atoms with van der Waals surface area (Å²) in [7, 11) is 0. The minimum Gasteiger partial charge on any atom is -0.445 e. The number of hydrogen-bond donors (Lipinski definition) is 1. The second-order valence-corrected chi connectivity index (χ2v) is 5.25. The molecule has 20 heavy (non-hydrogen) atoms. The fourth-order valence-corrected chi connectivity index (χ4v) is 2.73. The number of ether oxygens (including phenoxy) is 1. The van der Waals surface area contributed by atoms with Crippen molar-refractivity contribution in [2.24, 2.45) is 0 Å². The van der Waals surface area contributed by atoms with Gasteiger partial charge in [-0.25, -0.2) is 4.79 Å². The lowest BCUT2D eigenvalue weighted by Crippen LogP contribution is -2.43. The van der Waals surface area contributed by atoms with Gasteiger partial charge in [0.25, 0.3) is 0 Å². The Hall–Kier alpha value is -1.55. The number of carbonyl (C=O) groups is 1. The number of amides is 1. The highest BCUT2D eigenvalue weighted by Gasteiger charge is 2.25. The van der Waals surface area contributed by atoms with Crippen LogP contribution in [0.2, 0.25) is 0 Å². The Morgan fingerprint density at radius 1 is 1.20 bits per heavy atom. The summed E-state index contributed by atoms with van der Waals surface area (Å²) >= 11 is 0. The minimum atomic E-state index is -0.310. The van der Waals surface area contributed by atoms with Crippen molar-refractivity contribution in [2.75, 3.05) is 13.2 Å². The number of aliphatic hydroxyl groups is 1. The molecule has 2 rings (SSSR count). The molecule has 0 spiro atoms. The van der Waals surface area contributed by atoms with Gasteiger partial charge in [-0.1, -0.05) is 49.6 Å². The number of benzene rings is 1. The molecule has 1 amide bonds. The third kappa shape index (κ3) is 4.23. The van der Waals surface area contributed by atoms with Crippen molar-refractivity contribution in [2.45, 2.75) is 44.8 Å². The summed E-state index contributed by atoms with van der Waals surface area (Å²) in [5.41, 5.74) is 0.980. The first kappa shape index (κ1) is 14.9. The normalized spacial score (nSPS) is 15.8. The van der Waals surface area contributed by atoms with Gasteiger partial charge in [0.2, 0.25) is 0 Å². The molecule has 0 heterocycles. The van der Waals surface area contributed by atoms with E-state index in [9.17, 15) is 4.79 Å². The van der Waals surface area contributed by atoms with Gasteiger partial charge in [0.15, 0.2) is 0 Å². The molecule has 1 aliphatic carbocycles. The first-order valence-electron chi connectivity index (χ1n) is 7.39. The van der Waals surface area contributed by atoms with Crippen LogP contribution in [0.1, 0.15) is 37.7 Å². The highest BCUT2D eigenvalue weighted by molar-refractivity contribution is 5.68. The molecule has 4 nitrogen and oxygen atoms in total. The number of rotatable bonds is 5. The van der Waals surface area contributed by atoms with Crippen LogP contribution in [-0.4, -0.2) is 35.3 Å². The number of nitrogens with zero attached hydrogens (tertiary/aromatic N) is 1. The van der Waals surface area contributed by atoms with Gasteiger partial charge >= 0.3 is 6.09 Å². The van der Waals surface area contributed by atoms with Gasteiger partial charge in [0, 0.05) is 12.6 Å². The largest absolute Gasteiger partial charge is 0.445 e. The van der Waals surface area contributed by atoms with Gasteiger partial charge < -0.3 is 14.7 Å². The molecule has 4 heteroatoms. The van der Waals surface area contributed by atoms with Crippen LogP contribution in [0.15, 0.2) is 30.3 Å². The average Bonchev–Trinajstić information content (AvgIpc) is 2.52.